The molecule has 0 saturated carbocycles. The standard InChI is InChI=1S/C9H14ClN3S/c1-7(14-2)3-4-12-9-6-11-5-8(10)13-9/h5-7H,3-4H2,1-2H3,(H,12,13). The van der Waals surface area contributed by atoms with Crippen LogP contribution < -0.4 is 5.32 Å². The number of aromatic nitrogens is 2. The summed E-state index contributed by atoms with van der Waals surface area (Å²) in [5.74, 6) is 0.741. The molecule has 1 rings (SSSR count). The second-order valence-electron chi connectivity index (χ2n) is 2.99. The minimum Gasteiger partial charge on any atom is -0.369 e. The quantitative estimate of drug-likeness (QED) is 0.846. The van der Waals surface area contributed by atoms with E-state index in [4.69, 9.17) is 11.6 Å². The Kier molecular flexibility index (Phi) is 5.04. The molecule has 1 atom stereocenters. The highest BCUT2D eigenvalue weighted by molar-refractivity contribution is 7.99. The van der Waals surface area contributed by atoms with Gasteiger partial charge in [-0.15, -0.1) is 0 Å². The van der Waals surface area contributed by atoms with Crippen LogP contribution in [-0.4, -0.2) is 28.0 Å². The van der Waals surface area contributed by atoms with Crippen LogP contribution in [0.4, 0.5) is 5.82 Å². The summed E-state index contributed by atoms with van der Waals surface area (Å²) in [4.78, 5) is 8.02. The van der Waals surface area contributed by atoms with Crippen molar-refractivity contribution in [3.8, 4) is 0 Å². The third-order valence-corrected chi connectivity index (χ3v) is 3.09. The lowest BCUT2D eigenvalue weighted by Crippen LogP contribution is -2.08. The summed E-state index contributed by atoms with van der Waals surface area (Å²) in [7, 11) is 0. The van der Waals surface area contributed by atoms with Crippen LogP contribution in [0.25, 0.3) is 0 Å². The smallest absolute Gasteiger partial charge is 0.149 e. The van der Waals surface area contributed by atoms with E-state index >= 15 is 0 Å². The van der Waals surface area contributed by atoms with Gasteiger partial charge >= 0.3 is 0 Å². The fourth-order valence-corrected chi connectivity index (χ4v) is 1.45. The molecule has 1 unspecified atom stereocenters. The number of nitrogens with zero attached hydrogens (tertiary/aromatic N) is 2. The summed E-state index contributed by atoms with van der Waals surface area (Å²) in [6.07, 6.45) is 6.42. The van der Waals surface area contributed by atoms with E-state index in [1.807, 2.05) is 11.8 Å². The van der Waals surface area contributed by atoms with Gasteiger partial charge in [0, 0.05) is 11.8 Å². The molecular formula is C9H14ClN3S. The topological polar surface area (TPSA) is 37.8 Å². The number of rotatable bonds is 5. The first-order valence-electron chi connectivity index (χ1n) is 4.46. The fourth-order valence-electron chi connectivity index (χ4n) is 0.949. The van der Waals surface area contributed by atoms with E-state index in [2.05, 4.69) is 28.5 Å². The maximum absolute atomic E-state index is 5.70. The molecule has 5 heteroatoms. The average Bonchev–Trinajstić information content (AvgIpc) is 2.17. The van der Waals surface area contributed by atoms with Crippen LogP contribution in [0, 0.1) is 0 Å². The van der Waals surface area contributed by atoms with Gasteiger partial charge in [-0.3, -0.25) is 4.98 Å². The van der Waals surface area contributed by atoms with Crippen molar-refractivity contribution in [3.05, 3.63) is 17.5 Å². The van der Waals surface area contributed by atoms with Crippen LogP contribution >= 0.6 is 23.4 Å². The van der Waals surface area contributed by atoms with Gasteiger partial charge in [0.25, 0.3) is 0 Å². The number of hydrogen-bond donors (Lipinski definition) is 1. The van der Waals surface area contributed by atoms with Crippen molar-refractivity contribution < 1.29 is 0 Å². The van der Waals surface area contributed by atoms with Crippen molar-refractivity contribution >= 4 is 29.2 Å². The first kappa shape index (κ1) is 11.6. The van der Waals surface area contributed by atoms with E-state index in [0.29, 0.717) is 10.4 Å². The Balaban J connectivity index is 2.31. The van der Waals surface area contributed by atoms with Gasteiger partial charge in [0.05, 0.1) is 12.4 Å². The van der Waals surface area contributed by atoms with Crippen LogP contribution in [0.2, 0.25) is 5.15 Å². The Morgan fingerprint density at radius 3 is 3.00 bits per heavy atom. The molecular weight excluding hydrogens is 218 g/mol. The lowest BCUT2D eigenvalue weighted by Gasteiger charge is -2.09. The number of anilines is 1. The highest BCUT2D eigenvalue weighted by Gasteiger charge is 1.99. The highest BCUT2D eigenvalue weighted by atomic mass is 35.5. The van der Waals surface area contributed by atoms with Crippen molar-refractivity contribution in [1.82, 2.24) is 9.97 Å². The predicted octanol–water partition coefficient (Wildman–Crippen LogP) is 2.68. The number of thioether (sulfide) groups is 1. The molecule has 0 saturated heterocycles. The van der Waals surface area contributed by atoms with E-state index < -0.39 is 0 Å². The highest BCUT2D eigenvalue weighted by Crippen LogP contribution is 2.10. The maximum Gasteiger partial charge on any atom is 0.149 e. The molecule has 0 spiro atoms. The van der Waals surface area contributed by atoms with Crippen LogP contribution in [0.1, 0.15) is 13.3 Å². The van der Waals surface area contributed by atoms with Gasteiger partial charge < -0.3 is 5.32 Å². The van der Waals surface area contributed by atoms with Crippen LogP contribution in [-0.2, 0) is 0 Å². The van der Waals surface area contributed by atoms with Crippen LogP contribution in [0.15, 0.2) is 12.4 Å². The number of halogens is 1. The zero-order chi connectivity index (χ0) is 10.4. The van der Waals surface area contributed by atoms with Crippen LogP contribution in [0.3, 0.4) is 0 Å². The molecule has 1 heterocycles. The second kappa shape index (κ2) is 6.09. The minimum atomic E-state index is 0.424. The van der Waals surface area contributed by atoms with Gasteiger partial charge in [0.2, 0.25) is 0 Å². The van der Waals surface area contributed by atoms with Crippen LogP contribution in [0.5, 0.6) is 0 Å². The molecule has 0 aliphatic rings. The molecule has 0 radical (unpaired) electrons. The molecule has 0 fully saturated rings. The van der Waals surface area contributed by atoms with Crippen molar-refractivity contribution in [2.45, 2.75) is 18.6 Å². The van der Waals surface area contributed by atoms with Gasteiger partial charge in [-0.1, -0.05) is 18.5 Å². The Hall–Kier alpha value is -0.480. The number of nitrogens with one attached hydrogen (secondary N) is 1. The Morgan fingerprint density at radius 1 is 1.57 bits per heavy atom. The van der Waals surface area contributed by atoms with Crippen molar-refractivity contribution in [2.24, 2.45) is 0 Å². The molecule has 3 nitrogen and oxygen atoms in total. The number of hydrogen-bond acceptors (Lipinski definition) is 4. The normalized spacial score (nSPS) is 12.5. The van der Waals surface area contributed by atoms with E-state index in [0.717, 1.165) is 18.8 Å². The van der Waals surface area contributed by atoms with Crippen molar-refractivity contribution in [2.75, 3.05) is 18.1 Å². The third-order valence-electron chi connectivity index (χ3n) is 1.86. The molecule has 78 valence electrons. The molecule has 1 aromatic rings. The summed E-state index contributed by atoms with van der Waals surface area (Å²) < 4.78 is 0. The monoisotopic (exact) mass is 231 g/mol. The van der Waals surface area contributed by atoms with Crippen molar-refractivity contribution in [1.29, 1.82) is 0 Å². The predicted molar refractivity (Wildman–Crippen MR) is 63.1 cm³/mol. The van der Waals surface area contributed by atoms with Gasteiger partial charge in [-0.25, -0.2) is 4.98 Å². The molecule has 14 heavy (non-hydrogen) atoms. The minimum absolute atomic E-state index is 0.424. The first-order chi connectivity index (χ1) is 6.72. The third kappa shape index (κ3) is 4.15. The Morgan fingerprint density at radius 2 is 2.36 bits per heavy atom. The zero-order valence-electron chi connectivity index (χ0n) is 8.33. The van der Waals surface area contributed by atoms with E-state index in [1.54, 1.807) is 6.20 Å². The summed E-state index contributed by atoms with van der Waals surface area (Å²) in [5.41, 5.74) is 0. The summed E-state index contributed by atoms with van der Waals surface area (Å²) >= 11 is 7.56. The lowest BCUT2D eigenvalue weighted by atomic mass is 10.3. The van der Waals surface area contributed by atoms with E-state index in [1.165, 1.54) is 6.20 Å². The molecule has 1 N–H and O–H groups in total. The first-order valence-corrected chi connectivity index (χ1v) is 6.13. The summed E-state index contributed by atoms with van der Waals surface area (Å²) in [6.45, 7) is 3.10. The molecule has 0 amide bonds. The van der Waals surface area contributed by atoms with Crippen molar-refractivity contribution in [3.63, 3.8) is 0 Å². The largest absolute Gasteiger partial charge is 0.369 e. The van der Waals surface area contributed by atoms with E-state index in [-0.39, 0.29) is 0 Å². The van der Waals surface area contributed by atoms with Gasteiger partial charge in [0.15, 0.2) is 0 Å². The lowest BCUT2D eigenvalue weighted by molar-refractivity contribution is 0.849. The molecule has 0 aliphatic carbocycles. The average molecular weight is 232 g/mol. The fraction of sp³-hybridized carbons (Fsp3) is 0.556. The molecule has 0 aromatic carbocycles. The zero-order valence-corrected chi connectivity index (χ0v) is 9.90. The molecule has 0 bridgehead atoms. The second-order valence-corrected chi connectivity index (χ2v) is 4.65. The molecule has 1 aromatic heterocycles. The summed E-state index contributed by atoms with van der Waals surface area (Å²) in [5, 5.41) is 4.27. The SMILES string of the molecule is CSC(C)CCNc1cncc(Cl)n1. The maximum atomic E-state index is 5.70. The Bertz CT molecular complexity index is 283. The van der Waals surface area contributed by atoms with E-state index in [9.17, 15) is 0 Å². The van der Waals surface area contributed by atoms with Gasteiger partial charge in [-0.05, 0) is 12.7 Å². The summed E-state index contributed by atoms with van der Waals surface area (Å²) in [6, 6.07) is 0. The molecule has 0 aliphatic heterocycles. The van der Waals surface area contributed by atoms with Gasteiger partial charge in [-0.2, -0.15) is 11.8 Å². The van der Waals surface area contributed by atoms with Gasteiger partial charge in [0.1, 0.15) is 11.0 Å². The Labute approximate surface area is 93.7 Å².